The average Bonchev–Trinajstić information content (AvgIpc) is 2.88. The van der Waals surface area contributed by atoms with Crippen molar-refractivity contribution in [3.63, 3.8) is 0 Å². The molecule has 0 radical (unpaired) electrons. The minimum atomic E-state index is -0.0803. The Bertz CT molecular complexity index is 677. The van der Waals surface area contributed by atoms with Crippen LogP contribution in [0.2, 0.25) is 5.02 Å². The lowest BCUT2D eigenvalue weighted by atomic mass is 9.93. The van der Waals surface area contributed by atoms with Crippen molar-refractivity contribution < 1.29 is 4.79 Å². The molecule has 3 nitrogen and oxygen atoms in total. The number of rotatable bonds is 4. The fraction of sp³-hybridized carbons (Fsp3) is 0.375. The van der Waals surface area contributed by atoms with Gasteiger partial charge in [0.1, 0.15) is 0 Å². The van der Waals surface area contributed by atoms with Crippen LogP contribution < -0.4 is 5.32 Å². The highest BCUT2D eigenvalue weighted by Crippen LogP contribution is 2.29. The first-order valence-electron chi connectivity index (χ1n) is 6.90. The van der Waals surface area contributed by atoms with Gasteiger partial charge in [0.25, 0.3) is 0 Å². The van der Waals surface area contributed by atoms with Crippen molar-refractivity contribution >= 4 is 46.3 Å². The van der Waals surface area contributed by atoms with Gasteiger partial charge in [-0.25, -0.2) is 4.98 Å². The molecule has 1 heterocycles. The number of anilines is 1. The van der Waals surface area contributed by atoms with Crippen molar-refractivity contribution in [3.8, 4) is 0 Å². The number of benzene rings is 1. The van der Waals surface area contributed by atoms with E-state index in [9.17, 15) is 4.79 Å². The van der Waals surface area contributed by atoms with Gasteiger partial charge >= 0.3 is 0 Å². The smallest absolute Gasteiger partial charge is 0.234 e. The number of thiazole rings is 1. The van der Waals surface area contributed by atoms with Crippen molar-refractivity contribution in [1.29, 1.82) is 0 Å². The van der Waals surface area contributed by atoms with E-state index in [2.05, 4.69) is 36.5 Å². The van der Waals surface area contributed by atoms with E-state index in [1.807, 2.05) is 25.1 Å². The van der Waals surface area contributed by atoms with Crippen LogP contribution in [0.25, 0.3) is 0 Å². The monoisotopic (exact) mass is 354 g/mol. The summed E-state index contributed by atoms with van der Waals surface area (Å²) in [5, 5.41) is 5.44. The van der Waals surface area contributed by atoms with E-state index in [1.165, 1.54) is 11.8 Å². The lowest BCUT2D eigenvalue weighted by Gasteiger charge is -2.14. The Balaban J connectivity index is 1.91. The van der Waals surface area contributed by atoms with Crippen LogP contribution in [0.5, 0.6) is 0 Å². The number of halogens is 1. The van der Waals surface area contributed by atoms with E-state index in [4.69, 9.17) is 11.6 Å². The summed E-state index contributed by atoms with van der Waals surface area (Å²) in [6, 6.07) is 5.58. The summed E-state index contributed by atoms with van der Waals surface area (Å²) in [5.41, 5.74) is 2.80. The molecule has 1 N–H and O–H groups in total. The summed E-state index contributed by atoms with van der Waals surface area (Å²) in [4.78, 5) is 16.6. The van der Waals surface area contributed by atoms with Crippen molar-refractivity contribution in [3.05, 3.63) is 39.9 Å². The third-order valence-electron chi connectivity index (χ3n) is 2.98. The molecule has 1 amide bonds. The second-order valence-corrected chi connectivity index (χ2v) is 8.56. The average molecular weight is 355 g/mol. The fourth-order valence-corrected chi connectivity index (χ4v) is 3.84. The first kappa shape index (κ1) is 17.3. The van der Waals surface area contributed by atoms with Crippen molar-refractivity contribution in [1.82, 2.24) is 4.98 Å². The molecule has 2 aromatic rings. The first-order valence-corrected chi connectivity index (χ1v) is 9.15. The van der Waals surface area contributed by atoms with Gasteiger partial charge in [-0.1, -0.05) is 50.2 Å². The zero-order valence-corrected chi connectivity index (χ0v) is 15.5. The van der Waals surface area contributed by atoms with Gasteiger partial charge in [0.2, 0.25) is 5.91 Å². The molecule has 0 saturated heterocycles. The molecule has 0 saturated carbocycles. The molecule has 6 heteroatoms. The molecule has 0 aliphatic rings. The number of carbonyl (C=O) groups excluding carboxylic acids is 1. The van der Waals surface area contributed by atoms with E-state index >= 15 is 0 Å². The fourth-order valence-electron chi connectivity index (χ4n) is 1.70. The number of thioether (sulfide) groups is 1. The Morgan fingerprint density at radius 1 is 1.41 bits per heavy atom. The predicted molar refractivity (Wildman–Crippen MR) is 96.4 cm³/mol. The van der Waals surface area contributed by atoms with E-state index in [1.54, 1.807) is 11.3 Å². The number of hydrogen-bond donors (Lipinski definition) is 1. The molecule has 0 atom stereocenters. The molecule has 2 rings (SSSR count). The number of hydrogen-bond acceptors (Lipinski definition) is 4. The second-order valence-electron chi connectivity index (χ2n) is 6.07. The maximum atomic E-state index is 12.0. The van der Waals surface area contributed by atoms with Crippen LogP contribution in [-0.2, 0) is 10.2 Å². The number of nitrogens with zero attached hydrogens (tertiary/aromatic N) is 1. The zero-order valence-electron chi connectivity index (χ0n) is 13.1. The number of amides is 1. The minimum absolute atomic E-state index is 0.0347. The first-order chi connectivity index (χ1) is 10.3. The molecule has 0 spiro atoms. The number of nitrogens with one attached hydrogen (secondary N) is 1. The molecule has 0 bridgehead atoms. The van der Waals surface area contributed by atoms with E-state index in [0.717, 1.165) is 15.6 Å². The highest BCUT2D eigenvalue weighted by molar-refractivity contribution is 8.01. The van der Waals surface area contributed by atoms with Gasteiger partial charge in [0.15, 0.2) is 4.34 Å². The third-order valence-corrected chi connectivity index (χ3v) is 5.31. The van der Waals surface area contributed by atoms with Crippen molar-refractivity contribution in [2.45, 2.75) is 37.4 Å². The summed E-state index contributed by atoms with van der Waals surface area (Å²) in [7, 11) is 0. The summed E-state index contributed by atoms with van der Waals surface area (Å²) < 4.78 is 0.912. The van der Waals surface area contributed by atoms with Crippen LogP contribution in [0.4, 0.5) is 5.69 Å². The molecule has 1 aromatic carbocycles. The number of aromatic nitrogens is 1. The van der Waals surface area contributed by atoms with Gasteiger partial charge in [0.05, 0.1) is 22.2 Å². The summed E-state index contributed by atoms with van der Waals surface area (Å²) >= 11 is 9.13. The number of carbonyl (C=O) groups is 1. The molecule has 0 fully saturated rings. The molecule has 22 heavy (non-hydrogen) atoms. The molecule has 1 aromatic heterocycles. The Labute approximate surface area is 144 Å². The van der Waals surface area contributed by atoms with Gasteiger partial charge in [0, 0.05) is 10.8 Å². The van der Waals surface area contributed by atoms with E-state index < -0.39 is 0 Å². The van der Waals surface area contributed by atoms with Crippen LogP contribution in [0.1, 0.15) is 32.0 Å². The number of aryl methyl sites for hydroxylation is 1. The van der Waals surface area contributed by atoms with Crippen molar-refractivity contribution in [2.24, 2.45) is 0 Å². The predicted octanol–water partition coefficient (Wildman–Crippen LogP) is 5.13. The summed E-state index contributed by atoms with van der Waals surface area (Å²) in [5.74, 6) is 0.240. The standard InChI is InChI=1S/C16H19ClN2OS2/c1-10-5-6-12(11(17)7-10)18-14(20)9-22-15-19-13(8-21-15)16(2,3)4/h5-8H,9H2,1-4H3,(H,18,20). The molecular formula is C16H19ClN2OS2. The normalized spacial score (nSPS) is 11.5. The minimum Gasteiger partial charge on any atom is -0.324 e. The quantitative estimate of drug-likeness (QED) is 0.773. The van der Waals surface area contributed by atoms with Crippen molar-refractivity contribution in [2.75, 3.05) is 11.1 Å². The lowest BCUT2D eigenvalue weighted by Crippen LogP contribution is -2.14. The molecule has 0 aliphatic carbocycles. The zero-order chi connectivity index (χ0) is 16.3. The molecule has 0 unspecified atom stereocenters. The SMILES string of the molecule is Cc1ccc(NC(=O)CSc2nc(C(C)(C)C)cs2)c(Cl)c1. The highest BCUT2D eigenvalue weighted by Gasteiger charge is 2.18. The Kier molecular flexibility index (Phi) is 5.53. The summed E-state index contributed by atoms with van der Waals surface area (Å²) in [6.45, 7) is 8.34. The van der Waals surface area contributed by atoms with E-state index in [0.29, 0.717) is 16.5 Å². The Morgan fingerprint density at radius 2 is 2.14 bits per heavy atom. The molecule has 0 aliphatic heterocycles. The highest BCUT2D eigenvalue weighted by atomic mass is 35.5. The second kappa shape index (κ2) is 7.02. The lowest BCUT2D eigenvalue weighted by molar-refractivity contribution is -0.113. The van der Waals surface area contributed by atoms with Gasteiger partial charge in [-0.3, -0.25) is 4.79 Å². The Hall–Kier alpha value is -1.04. The van der Waals surface area contributed by atoms with E-state index in [-0.39, 0.29) is 11.3 Å². The van der Waals surface area contributed by atoms with Gasteiger partial charge < -0.3 is 5.32 Å². The largest absolute Gasteiger partial charge is 0.324 e. The third kappa shape index (κ3) is 4.73. The maximum absolute atomic E-state index is 12.0. The topological polar surface area (TPSA) is 42.0 Å². The van der Waals surface area contributed by atoms with Crippen LogP contribution in [-0.4, -0.2) is 16.6 Å². The molecule has 118 valence electrons. The molecular weight excluding hydrogens is 336 g/mol. The van der Waals surface area contributed by atoms with Crippen LogP contribution in [0.15, 0.2) is 27.9 Å². The summed E-state index contributed by atoms with van der Waals surface area (Å²) in [6.07, 6.45) is 0. The maximum Gasteiger partial charge on any atom is 0.234 e. The van der Waals surface area contributed by atoms with Gasteiger partial charge in [-0.15, -0.1) is 11.3 Å². The van der Waals surface area contributed by atoms with Crippen LogP contribution >= 0.6 is 34.7 Å². The van der Waals surface area contributed by atoms with Gasteiger partial charge in [-0.05, 0) is 24.6 Å². The Morgan fingerprint density at radius 3 is 2.73 bits per heavy atom. The van der Waals surface area contributed by atoms with Crippen LogP contribution in [0.3, 0.4) is 0 Å². The van der Waals surface area contributed by atoms with Gasteiger partial charge in [-0.2, -0.15) is 0 Å². The van der Waals surface area contributed by atoms with Crippen LogP contribution in [0, 0.1) is 6.92 Å².